The van der Waals surface area contributed by atoms with Crippen LogP contribution in [0.1, 0.15) is 5.69 Å². The lowest BCUT2D eigenvalue weighted by atomic mass is 10.4. The van der Waals surface area contributed by atoms with Gasteiger partial charge in [0.05, 0.1) is 5.69 Å². The number of nitrogens with zero attached hydrogens (tertiary/aromatic N) is 1. The molecule has 0 unspecified atom stereocenters. The van der Waals surface area contributed by atoms with Crippen molar-refractivity contribution in [1.82, 2.24) is 4.98 Å². The molecule has 0 aliphatic carbocycles. The van der Waals surface area contributed by atoms with Crippen molar-refractivity contribution in [3.05, 3.63) is 36.7 Å². The van der Waals surface area contributed by atoms with Gasteiger partial charge >= 0.3 is 10.6 Å². The Morgan fingerprint density at radius 2 is 1.92 bits per heavy atom. The van der Waals surface area contributed by atoms with Crippen molar-refractivity contribution in [1.29, 1.82) is 0 Å². The summed E-state index contributed by atoms with van der Waals surface area (Å²) in [7, 11) is -3.11. The van der Waals surface area contributed by atoms with Gasteiger partial charge in [-0.05, 0) is 18.2 Å². The number of aromatic nitrogens is 1. The predicted molar refractivity (Wildman–Crippen MR) is 44.0 cm³/mol. The second-order valence-electron chi connectivity index (χ2n) is 1.66. The third-order valence-corrected chi connectivity index (χ3v) is 0.897. The first-order valence-electron chi connectivity index (χ1n) is 2.97. The van der Waals surface area contributed by atoms with Crippen molar-refractivity contribution >= 4 is 16.7 Å². The van der Waals surface area contributed by atoms with Crippen molar-refractivity contribution in [2.75, 3.05) is 0 Å². The first-order valence-corrected chi connectivity index (χ1v) is 3.97. The Morgan fingerprint density at radius 1 is 1.33 bits per heavy atom. The molecular formula is C7H7NO3S. The molecule has 12 heavy (non-hydrogen) atoms. The lowest BCUT2D eigenvalue weighted by Gasteiger charge is -1.84. The minimum Gasteiger partial charge on any atom is -0.257 e. The van der Waals surface area contributed by atoms with E-state index < -0.39 is 10.6 Å². The fraction of sp³-hybridized carbons (Fsp3) is 0. The van der Waals surface area contributed by atoms with E-state index in [4.69, 9.17) is 12.6 Å². The van der Waals surface area contributed by atoms with Gasteiger partial charge < -0.3 is 0 Å². The largest absolute Gasteiger partial charge is 0.425 e. The Balaban J connectivity index is 0.000000261. The van der Waals surface area contributed by atoms with Crippen LogP contribution in [0.25, 0.3) is 6.08 Å². The minimum absolute atomic E-state index is 0.924. The highest BCUT2D eigenvalue weighted by Gasteiger charge is 1.77. The summed E-state index contributed by atoms with van der Waals surface area (Å²) in [5.41, 5.74) is 0.924. The van der Waals surface area contributed by atoms with E-state index in [1.165, 1.54) is 0 Å². The van der Waals surface area contributed by atoms with E-state index in [1.807, 2.05) is 18.2 Å². The summed E-state index contributed by atoms with van der Waals surface area (Å²) < 4.78 is 25.3. The Hall–Kier alpha value is -1.49. The zero-order valence-corrected chi connectivity index (χ0v) is 6.99. The highest BCUT2D eigenvalue weighted by atomic mass is 32.2. The van der Waals surface area contributed by atoms with Crippen molar-refractivity contribution in [2.45, 2.75) is 0 Å². The molecular weight excluding hydrogens is 178 g/mol. The van der Waals surface area contributed by atoms with Crippen LogP contribution in [0.2, 0.25) is 0 Å². The molecule has 1 rings (SSSR count). The second-order valence-corrected chi connectivity index (χ2v) is 2.07. The maximum atomic E-state index is 8.44. The van der Waals surface area contributed by atoms with Gasteiger partial charge in [0.25, 0.3) is 0 Å². The SMILES string of the molecule is C=Cc1ccccn1.O=S(=O)=O. The summed E-state index contributed by atoms with van der Waals surface area (Å²) in [6.07, 6.45) is 3.47. The quantitative estimate of drug-likeness (QED) is 0.646. The highest BCUT2D eigenvalue weighted by Crippen LogP contribution is 1.91. The van der Waals surface area contributed by atoms with Crippen LogP contribution in [0.4, 0.5) is 0 Å². The predicted octanol–water partition coefficient (Wildman–Crippen LogP) is 0.721. The summed E-state index contributed by atoms with van der Waals surface area (Å²) in [4.78, 5) is 3.98. The molecule has 0 saturated heterocycles. The van der Waals surface area contributed by atoms with Crippen LogP contribution in [-0.2, 0) is 10.6 Å². The van der Waals surface area contributed by atoms with Crippen LogP contribution in [0.15, 0.2) is 31.0 Å². The van der Waals surface area contributed by atoms with Crippen LogP contribution >= 0.6 is 0 Å². The van der Waals surface area contributed by atoms with E-state index in [-0.39, 0.29) is 0 Å². The van der Waals surface area contributed by atoms with Gasteiger partial charge in [0, 0.05) is 6.20 Å². The zero-order chi connectivity index (χ0) is 9.40. The molecule has 0 fully saturated rings. The molecule has 1 heterocycles. The van der Waals surface area contributed by atoms with Gasteiger partial charge in [-0.1, -0.05) is 12.6 Å². The van der Waals surface area contributed by atoms with Crippen molar-refractivity contribution in [2.24, 2.45) is 0 Å². The fourth-order valence-corrected chi connectivity index (χ4v) is 0.497. The Kier molecular flexibility index (Phi) is 5.46. The second kappa shape index (κ2) is 6.23. The molecule has 0 N–H and O–H groups in total. The van der Waals surface area contributed by atoms with Crippen molar-refractivity contribution < 1.29 is 12.6 Å². The van der Waals surface area contributed by atoms with Crippen molar-refractivity contribution in [3.8, 4) is 0 Å². The van der Waals surface area contributed by atoms with Gasteiger partial charge in [0.2, 0.25) is 0 Å². The normalized spacial score (nSPS) is 7.67. The van der Waals surface area contributed by atoms with Crippen LogP contribution in [-0.4, -0.2) is 17.6 Å². The van der Waals surface area contributed by atoms with Crippen LogP contribution in [0.3, 0.4) is 0 Å². The van der Waals surface area contributed by atoms with Crippen LogP contribution in [0.5, 0.6) is 0 Å². The Labute approximate surface area is 71.6 Å². The monoisotopic (exact) mass is 185 g/mol. The summed E-state index contributed by atoms with van der Waals surface area (Å²) in [5, 5.41) is 0. The molecule has 0 aromatic carbocycles. The van der Waals surface area contributed by atoms with Crippen LogP contribution in [0, 0.1) is 0 Å². The molecule has 0 aliphatic heterocycles. The fourth-order valence-electron chi connectivity index (χ4n) is 0.497. The first kappa shape index (κ1) is 10.5. The molecule has 1 aromatic heterocycles. The standard InChI is InChI=1S/C7H7N.O3S/c1-2-7-5-3-4-6-8-7;1-4(2)3/h2-6H,1H2;. The Bertz CT molecular complexity index is 322. The van der Waals surface area contributed by atoms with Gasteiger partial charge in [0.1, 0.15) is 0 Å². The average Bonchev–Trinajstić information content (AvgIpc) is 2.05. The average molecular weight is 185 g/mol. The van der Waals surface area contributed by atoms with Crippen molar-refractivity contribution in [3.63, 3.8) is 0 Å². The summed E-state index contributed by atoms with van der Waals surface area (Å²) in [5.74, 6) is 0. The molecule has 0 radical (unpaired) electrons. The maximum Gasteiger partial charge on any atom is 0.425 e. The topological polar surface area (TPSA) is 64.1 Å². The smallest absolute Gasteiger partial charge is 0.257 e. The molecule has 0 saturated carbocycles. The lowest BCUT2D eigenvalue weighted by Crippen LogP contribution is -1.73. The van der Waals surface area contributed by atoms with E-state index in [2.05, 4.69) is 11.6 Å². The molecule has 0 atom stereocenters. The summed E-state index contributed by atoms with van der Waals surface area (Å²) in [6, 6.07) is 5.73. The van der Waals surface area contributed by atoms with Gasteiger partial charge in [-0.25, -0.2) is 0 Å². The van der Waals surface area contributed by atoms with E-state index in [0.29, 0.717) is 0 Å². The molecule has 1 aromatic rings. The van der Waals surface area contributed by atoms with E-state index in [9.17, 15) is 0 Å². The third-order valence-electron chi connectivity index (χ3n) is 0.897. The number of hydrogen-bond acceptors (Lipinski definition) is 4. The lowest BCUT2D eigenvalue weighted by molar-refractivity contribution is 0.559. The zero-order valence-electron chi connectivity index (χ0n) is 6.17. The number of hydrogen-bond donors (Lipinski definition) is 0. The summed E-state index contributed by atoms with van der Waals surface area (Å²) >= 11 is 0. The third kappa shape index (κ3) is 6.63. The molecule has 0 bridgehead atoms. The summed E-state index contributed by atoms with van der Waals surface area (Å²) in [6.45, 7) is 3.57. The molecule has 0 aliphatic rings. The highest BCUT2D eigenvalue weighted by molar-refractivity contribution is 7.59. The van der Waals surface area contributed by atoms with E-state index >= 15 is 0 Å². The van der Waals surface area contributed by atoms with Gasteiger partial charge in [-0.2, -0.15) is 0 Å². The minimum atomic E-state index is -3.11. The van der Waals surface area contributed by atoms with Crippen LogP contribution < -0.4 is 0 Å². The van der Waals surface area contributed by atoms with E-state index in [1.54, 1.807) is 12.3 Å². The maximum absolute atomic E-state index is 8.44. The Morgan fingerprint density at radius 3 is 2.17 bits per heavy atom. The van der Waals surface area contributed by atoms with Gasteiger partial charge in [-0.3, -0.25) is 4.98 Å². The molecule has 64 valence electrons. The molecule has 5 heteroatoms. The van der Waals surface area contributed by atoms with E-state index in [0.717, 1.165) is 5.69 Å². The number of pyridine rings is 1. The van der Waals surface area contributed by atoms with Gasteiger partial charge in [0.15, 0.2) is 0 Å². The molecule has 4 nitrogen and oxygen atoms in total. The number of rotatable bonds is 1. The first-order chi connectivity index (χ1) is 5.66. The molecule has 0 spiro atoms. The van der Waals surface area contributed by atoms with Gasteiger partial charge in [-0.15, -0.1) is 12.6 Å². The molecule has 0 amide bonds.